The Hall–Kier alpha value is -4.17. The topological polar surface area (TPSA) is 161 Å². The number of nitrogens with two attached hydrogens (primary N) is 1. The molecule has 1 aliphatic carbocycles. The van der Waals surface area contributed by atoms with Gasteiger partial charge in [-0.3, -0.25) is 9.89 Å². The minimum Gasteiger partial charge on any atom is -0.475 e. The predicted molar refractivity (Wildman–Crippen MR) is 141 cm³/mol. The molecule has 40 heavy (non-hydrogen) atoms. The van der Waals surface area contributed by atoms with E-state index in [2.05, 4.69) is 31.7 Å². The number of aromatic amines is 1. The minimum atomic E-state index is -5.08. The maximum Gasteiger partial charge on any atom is 0.490 e. The molecule has 0 fully saturated rings. The molecule has 5 N–H and O–H groups in total. The molecule has 0 saturated heterocycles. The molecule has 0 spiro atoms. The van der Waals surface area contributed by atoms with Crippen molar-refractivity contribution in [3.8, 4) is 0 Å². The second-order valence-corrected chi connectivity index (χ2v) is 9.40. The smallest absolute Gasteiger partial charge is 0.475 e. The number of halogens is 4. The van der Waals surface area contributed by atoms with Crippen molar-refractivity contribution in [1.82, 2.24) is 30.1 Å². The first-order valence-electron chi connectivity index (χ1n) is 12.0. The Morgan fingerprint density at radius 1 is 1.38 bits per heavy atom. The molecule has 1 aliphatic rings. The summed E-state index contributed by atoms with van der Waals surface area (Å²) in [5, 5.41) is 23.1. The zero-order valence-electron chi connectivity index (χ0n) is 21.3. The van der Waals surface area contributed by atoms with Gasteiger partial charge in [-0.1, -0.05) is 17.7 Å². The first-order valence-corrected chi connectivity index (χ1v) is 12.4. The van der Waals surface area contributed by atoms with E-state index in [-0.39, 0.29) is 29.4 Å². The maximum atomic E-state index is 13.2. The number of rotatable bonds is 5. The van der Waals surface area contributed by atoms with Crippen LogP contribution in [0.4, 0.5) is 19.0 Å². The summed E-state index contributed by atoms with van der Waals surface area (Å²) >= 11 is 6.59. The summed E-state index contributed by atoms with van der Waals surface area (Å²) in [6, 6.07) is 3.27. The van der Waals surface area contributed by atoms with Gasteiger partial charge in [0.05, 0.1) is 28.9 Å². The fraction of sp³-hybridized carbons (Fsp3) is 0.320. The largest absolute Gasteiger partial charge is 0.490 e. The number of nitrogens with one attached hydrogen (secondary N) is 2. The van der Waals surface area contributed by atoms with Gasteiger partial charge in [-0.2, -0.15) is 18.3 Å². The Kier molecular flexibility index (Phi) is 8.30. The van der Waals surface area contributed by atoms with Gasteiger partial charge in [0.15, 0.2) is 11.5 Å². The zero-order chi connectivity index (χ0) is 29.2. The van der Waals surface area contributed by atoms with Gasteiger partial charge in [0.2, 0.25) is 0 Å². The third-order valence-corrected chi connectivity index (χ3v) is 6.75. The lowest BCUT2D eigenvalue weighted by atomic mass is 9.86. The number of allylic oxidation sites excluding steroid dienone is 1. The van der Waals surface area contributed by atoms with Crippen molar-refractivity contribution in [1.29, 1.82) is 0 Å². The Balaban J connectivity index is 0.000000470. The third kappa shape index (κ3) is 5.87. The molecule has 5 rings (SSSR count). The van der Waals surface area contributed by atoms with Crippen LogP contribution in [0.25, 0.3) is 22.1 Å². The lowest BCUT2D eigenvalue weighted by Gasteiger charge is -2.25. The average Bonchev–Trinajstić information content (AvgIpc) is 3.53. The Bertz CT molecular complexity index is 1600. The molecule has 11 nitrogen and oxygen atoms in total. The molecular formula is C25H25ClF3N7O4. The third-order valence-electron chi connectivity index (χ3n) is 6.44. The number of nitrogen functional groups attached to an aromatic ring is 1. The summed E-state index contributed by atoms with van der Waals surface area (Å²) in [7, 11) is 1.74. The number of carboxylic acids is 1. The minimum absolute atomic E-state index is 0.126. The summed E-state index contributed by atoms with van der Waals surface area (Å²) in [6.45, 7) is 1.92. The van der Waals surface area contributed by atoms with Crippen LogP contribution in [0.15, 0.2) is 36.8 Å². The number of methoxy groups -OCH3 is 1. The highest BCUT2D eigenvalue weighted by atomic mass is 35.5. The van der Waals surface area contributed by atoms with E-state index in [4.69, 9.17) is 32.0 Å². The van der Waals surface area contributed by atoms with Crippen LogP contribution in [0.5, 0.6) is 0 Å². The van der Waals surface area contributed by atoms with E-state index in [0.717, 1.165) is 41.3 Å². The van der Waals surface area contributed by atoms with E-state index in [0.29, 0.717) is 10.7 Å². The monoisotopic (exact) mass is 579 g/mol. The number of anilines is 1. The first kappa shape index (κ1) is 28.8. The fourth-order valence-corrected chi connectivity index (χ4v) is 4.76. The summed E-state index contributed by atoms with van der Waals surface area (Å²) in [6.07, 6.45) is 4.96. The molecule has 3 heterocycles. The lowest BCUT2D eigenvalue weighted by Crippen LogP contribution is -2.28. The van der Waals surface area contributed by atoms with E-state index in [1.165, 1.54) is 10.1 Å². The molecule has 4 aromatic rings. The van der Waals surface area contributed by atoms with Crippen molar-refractivity contribution >= 4 is 51.4 Å². The number of nitrogens with zero attached hydrogens (tertiary/aromatic N) is 4. The number of aliphatic carboxylic acids is 1. The maximum absolute atomic E-state index is 13.2. The predicted octanol–water partition coefficient (Wildman–Crippen LogP) is 4.55. The second kappa shape index (κ2) is 11.5. The SMILES string of the molecule is COC1CC=C(c2c(C(C)NC(=O)c3c(N)nn4cccnc34)cc(Cl)c3cn[nH]c23)CC1.O=C(O)C(F)(F)F. The highest BCUT2D eigenvalue weighted by molar-refractivity contribution is 6.35. The number of carboxylic acid groups (broad SMARTS) is 1. The number of carbonyl (C=O) groups excluding carboxylic acids is 1. The van der Waals surface area contributed by atoms with Crippen molar-refractivity contribution in [2.24, 2.45) is 0 Å². The fourth-order valence-electron chi connectivity index (χ4n) is 4.50. The first-order chi connectivity index (χ1) is 18.9. The van der Waals surface area contributed by atoms with Crippen molar-refractivity contribution < 1.29 is 32.6 Å². The van der Waals surface area contributed by atoms with Crippen LogP contribution in [-0.2, 0) is 9.53 Å². The summed E-state index contributed by atoms with van der Waals surface area (Å²) < 4.78 is 38.7. The highest BCUT2D eigenvalue weighted by Crippen LogP contribution is 2.39. The van der Waals surface area contributed by atoms with Crippen LogP contribution >= 0.6 is 11.6 Å². The Morgan fingerprint density at radius 3 is 2.73 bits per heavy atom. The van der Waals surface area contributed by atoms with E-state index in [9.17, 15) is 18.0 Å². The van der Waals surface area contributed by atoms with Gasteiger partial charge < -0.3 is 20.9 Å². The number of hydrogen-bond donors (Lipinski definition) is 4. The van der Waals surface area contributed by atoms with Gasteiger partial charge in [-0.15, -0.1) is 5.10 Å². The van der Waals surface area contributed by atoms with Crippen LogP contribution < -0.4 is 11.1 Å². The number of aromatic nitrogens is 5. The lowest BCUT2D eigenvalue weighted by molar-refractivity contribution is -0.192. The molecule has 15 heteroatoms. The van der Waals surface area contributed by atoms with Crippen LogP contribution in [-0.4, -0.2) is 61.2 Å². The van der Waals surface area contributed by atoms with Crippen molar-refractivity contribution in [2.75, 3.05) is 12.8 Å². The number of ether oxygens (including phenoxy) is 1. The van der Waals surface area contributed by atoms with Crippen molar-refractivity contribution in [2.45, 2.75) is 44.5 Å². The van der Waals surface area contributed by atoms with Crippen LogP contribution in [0, 0.1) is 0 Å². The van der Waals surface area contributed by atoms with Crippen molar-refractivity contribution in [3.05, 3.63) is 58.5 Å². The molecule has 2 unspecified atom stereocenters. The normalized spacial score (nSPS) is 16.2. The number of benzene rings is 1. The Labute approximate surface area is 230 Å². The number of fused-ring (bicyclic) bond motifs is 2. The Morgan fingerprint density at radius 2 is 2.10 bits per heavy atom. The van der Waals surface area contributed by atoms with Gasteiger partial charge in [-0.05, 0) is 49.5 Å². The quantitative estimate of drug-likeness (QED) is 0.268. The standard InChI is InChI=1S/C23H24ClN7O2.C2HF3O2/c1-12(28-23(32)19-21(25)30-31-9-3-8-26-22(19)31)15-10-17(24)16-11-27-29-20(16)18(15)13-4-6-14(33-2)7-5-13;3-2(4,5)1(6)7/h3-4,8-12,14H,5-7H2,1-2H3,(H2,25,30)(H,27,29)(H,28,32);(H,6,7). The number of carbonyl (C=O) groups is 2. The zero-order valence-corrected chi connectivity index (χ0v) is 22.0. The van der Waals surface area contributed by atoms with Crippen LogP contribution in [0.3, 0.4) is 0 Å². The molecule has 0 aliphatic heterocycles. The second-order valence-electron chi connectivity index (χ2n) is 8.99. The van der Waals surface area contributed by atoms with Gasteiger partial charge in [0, 0.05) is 30.5 Å². The van der Waals surface area contributed by atoms with Gasteiger partial charge in [0.25, 0.3) is 5.91 Å². The average molecular weight is 580 g/mol. The molecule has 0 radical (unpaired) electrons. The number of H-pyrrole nitrogens is 1. The van der Waals surface area contributed by atoms with Crippen LogP contribution in [0.2, 0.25) is 5.02 Å². The number of hydrogen-bond acceptors (Lipinski definition) is 7. The molecule has 212 valence electrons. The number of alkyl halides is 3. The van der Waals surface area contributed by atoms with Crippen LogP contribution in [0.1, 0.15) is 53.7 Å². The molecule has 2 atom stereocenters. The van der Waals surface area contributed by atoms with E-state index < -0.39 is 12.1 Å². The molecule has 1 aromatic carbocycles. The summed E-state index contributed by atoms with van der Waals surface area (Å²) in [5.74, 6) is -2.98. The summed E-state index contributed by atoms with van der Waals surface area (Å²) in [4.78, 5) is 26.4. The van der Waals surface area contributed by atoms with E-state index in [1.807, 2.05) is 13.0 Å². The van der Waals surface area contributed by atoms with Gasteiger partial charge in [0.1, 0.15) is 5.56 Å². The molecule has 1 amide bonds. The van der Waals surface area contributed by atoms with Gasteiger partial charge in [-0.25, -0.2) is 14.3 Å². The van der Waals surface area contributed by atoms with E-state index >= 15 is 0 Å². The molecular weight excluding hydrogens is 555 g/mol. The molecule has 0 bridgehead atoms. The summed E-state index contributed by atoms with van der Waals surface area (Å²) in [5.41, 5.74) is 10.6. The molecule has 0 saturated carbocycles. The highest BCUT2D eigenvalue weighted by Gasteiger charge is 2.38. The van der Waals surface area contributed by atoms with Crippen molar-refractivity contribution in [3.63, 3.8) is 0 Å². The number of amides is 1. The molecule has 3 aromatic heterocycles. The van der Waals surface area contributed by atoms with E-state index in [1.54, 1.807) is 31.8 Å². The van der Waals surface area contributed by atoms with Gasteiger partial charge >= 0.3 is 12.1 Å².